The van der Waals surface area contributed by atoms with E-state index in [4.69, 9.17) is 14.2 Å². The Kier molecular flexibility index (Phi) is 12.7. The zero-order chi connectivity index (χ0) is 50.2. The SMILES string of the molecule is COc1ccc(-c2ccc(N(C3=CC=C(c4ccc5c(c4)c4c6ccccc6cc(-c6ccc(F)cc6)c4n5-c4ccc(OCC(C)C)cc4)C(=NS)C3=N)c3ccc(-c4ccc(OC)cc4)cc3)cc2)cc1. The monoisotopic (exact) mass is 974 g/mol. The first kappa shape index (κ1) is 46.7. The molecule has 1 aliphatic rings. The summed E-state index contributed by atoms with van der Waals surface area (Å²) in [6.45, 7) is 4.89. The minimum absolute atomic E-state index is 0.220. The molecule has 11 rings (SSSR count). The van der Waals surface area contributed by atoms with Crippen LogP contribution in [0.25, 0.3) is 77.2 Å². The Labute approximate surface area is 429 Å². The van der Waals surface area contributed by atoms with E-state index in [0.717, 1.165) is 111 Å². The van der Waals surface area contributed by atoms with Crippen molar-refractivity contribution in [2.24, 2.45) is 10.3 Å². The predicted molar refractivity (Wildman–Crippen MR) is 303 cm³/mol. The Morgan fingerprint density at radius 3 is 1.68 bits per heavy atom. The van der Waals surface area contributed by atoms with Crippen molar-refractivity contribution in [3.05, 3.63) is 223 Å². The maximum atomic E-state index is 14.5. The van der Waals surface area contributed by atoms with E-state index in [2.05, 4.69) is 150 Å². The molecule has 0 fully saturated rings. The van der Waals surface area contributed by atoms with Crippen LogP contribution < -0.4 is 19.1 Å². The van der Waals surface area contributed by atoms with Crippen LogP contribution in [0, 0.1) is 17.1 Å². The maximum absolute atomic E-state index is 14.5. The number of halogens is 1. The van der Waals surface area contributed by atoms with Gasteiger partial charge in [-0.1, -0.05) is 105 Å². The lowest BCUT2D eigenvalue weighted by Gasteiger charge is -2.31. The number of hydrogen-bond acceptors (Lipinski definition) is 7. The Balaban J connectivity index is 1.06. The van der Waals surface area contributed by atoms with Crippen molar-refractivity contribution in [2.75, 3.05) is 25.7 Å². The zero-order valence-electron chi connectivity index (χ0n) is 40.8. The second kappa shape index (κ2) is 19.9. The Hall–Kier alpha value is -8.66. The number of benzene rings is 9. The Bertz CT molecular complexity index is 3690. The van der Waals surface area contributed by atoms with Crippen LogP contribution in [0.5, 0.6) is 17.2 Å². The maximum Gasteiger partial charge on any atom is 0.123 e. The number of aromatic nitrogens is 1. The number of anilines is 2. The molecule has 0 spiro atoms. The molecular formula is C64H51FN4O3S. The molecule has 0 radical (unpaired) electrons. The van der Waals surface area contributed by atoms with Gasteiger partial charge in [0.05, 0.1) is 37.6 Å². The molecule has 9 heteroatoms. The van der Waals surface area contributed by atoms with Crippen LogP contribution in [0.1, 0.15) is 19.4 Å². The smallest absolute Gasteiger partial charge is 0.123 e. The van der Waals surface area contributed by atoms with Gasteiger partial charge in [-0.2, -0.15) is 0 Å². The summed E-state index contributed by atoms with van der Waals surface area (Å²) >= 11 is 4.58. The van der Waals surface area contributed by atoms with Gasteiger partial charge in [-0.3, -0.25) is 5.41 Å². The van der Waals surface area contributed by atoms with Crippen molar-refractivity contribution in [1.82, 2.24) is 4.57 Å². The average molecular weight is 975 g/mol. The van der Waals surface area contributed by atoms with Crippen LogP contribution in [0.2, 0.25) is 0 Å². The van der Waals surface area contributed by atoms with E-state index < -0.39 is 0 Å². The molecule has 73 heavy (non-hydrogen) atoms. The van der Waals surface area contributed by atoms with Gasteiger partial charge in [0.1, 0.15) is 34.5 Å². The van der Waals surface area contributed by atoms with Crippen molar-refractivity contribution < 1.29 is 18.6 Å². The number of nitrogens with zero attached hydrogens (tertiary/aromatic N) is 3. The molecule has 7 nitrogen and oxygen atoms in total. The van der Waals surface area contributed by atoms with Gasteiger partial charge >= 0.3 is 0 Å². The number of ether oxygens (including phenoxy) is 3. The minimum atomic E-state index is -0.290. The molecule has 0 unspecified atom stereocenters. The summed E-state index contributed by atoms with van der Waals surface area (Å²) in [6, 6.07) is 64.8. The van der Waals surface area contributed by atoms with Crippen LogP contribution in [-0.2, 0) is 0 Å². The highest BCUT2D eigenvalue weighted by atomic mass is 32.1. The zero-order valence-corrected chi connectivity index (χ0v) is 41.7. The Morgan fingerprint density at radius 2 is 1.12 bits per heavy atom. The van der Waals surface area contributed by atoms with Crippen molar-refractivity contribution in [2.45, 2.75) is 13.8 Å². The lowest BCUT2D eigenvalue weighted by Crippen LogP contribution is -2.30. The topological polar surface area (TPSA) is 72.1 Å². The van der Waals surface area contributed by atoms with E-state index >= 15 is 0 Å². The molecular weight excluding hydrogens is 924 g/mol. The molecule has 1 N–H and O–H groups in total. The van der Waals surface area contributed by atoms with Gasteiger partial charge in [0.2, 0.25) is 0 Å². The molecule has 1 aliphatic carbocycles. The number of hydrogen-bond donors (Lipinski definition) is 2. The average Bonchev–Trinajstić information content (AvgIpc) is 3.78. The fraction of sp³-hybridized carbons (Fsp3) is 0.0938. The summed E-state index contributed by atoms with van der Waals surface area (Å²) in [6.07, 6.45) is 4.05. The summed E-state index contributed by atoms with van der Waals surface area (Å²) in [4.78, 5) is 2.10. The number of rotatable bonds is 13. The van der Waals surface area contributed by atoms with E-state index in [0.29, 0.717) is 23.9 Å². The van der Waals surface area contributed by atoms with E-state index in [1.165, 1.54) is 12.1 Å². The molecule has 10 aromatic rings. The van der Waals surface area contributed by atoms with Gasteiger partial charge in [-0.05, 0) is 178 Å². The van der Waals surface area contributed by atoms with E-state index in [1.807, 2.05) is 84.9 Å². The van der Waals surface area contributed by atoms with E-state index in [-0.39, 0.29) is 11.5 Å². The van der Waals surface area contributed by atoms with Gasteiger partial charge in [0.15, 0.2) is 0 Å². The molecule has 358 valence electrons. The predicted octanol–water partition coefficient (Wildman–Crippen LogP) is 16.6. The summed E-state index contributed by atoms with van der Waals surface area (Å²) in [7, 11) is 3.33. The lowest BCUT2D eigenvalue weighted by molar-refractivity contribution is 0.271. The van der Waals surface area contributed by atoms with Gasteiger partial charge in [0, 0.05) is 39.0 Å². The van der Waals surface area contributed by atoms with Gasteiger partial charge in [0.25, 0.3) is 0 Å². The molecule has 0 aliphatic heterocycles. The van der Waals surface area contributed by atoms with Crippen LogP contribution in [0.3, 0.4) is 0 Å². The highest BCUT2D eigenvalue weighted by Gasteiger charge is 2.29. The van der Waals surface area contributed by atoms with E-state index in [9.17, 15) is 9.80 Å². The molecule has 0 amide bonds. The number of nitrogens with one attached hydrogen (secondary N) is 1. The molecule has 9 aromatic carbocycles. The largest absolute Gasteiger partial charge is 0.497 e. The highest BCUT2D eigenvalue weighted by molar-refractivity contribution is 7.79. The summed E-state index contributed by atoms with van der Waals surface area (Å²) in [5, 5.41) is 14.2. The van der Waals surface area contributed by atoms with Crippen molar-refractivity contribution in [3.63, 3.8) is 0 Å². The first-order valence-electron chi connectivity index (χ1n) is 24.2. The lowest BCUT2D eigenvalue weighted by atomic mass is 9.90. The van der Waals surface area contributed by atoms with Crippen LogP contribution >= 0.6 is 12.8 Å². The Morgan fingerprint density at radius 1 is 0.589 bits per heavy atom. The fourth-order valence-corrected chi connectivity index (χ4v) is 10.0. The van der Waals surface area contributed by atoms with Gasteiger partial charge in [-0.15, -0.1) is 0 Å². The third-order valence-corrected chi connectivity index (χ3v) is 13.7. The van der Waals surface area contributed by atoms with Crippen molar-refractivity contribution in [1.29, 1.82) is 5.41 Å². The number of fused-ring (bicyclic) bond motifs is 5. The second-order valence-electron chi connectivity index (χ2n) is 18.5. The van der Waals surface area contributed by atoms with Crippen LogP contribution in [0.15, 0.2) is 216 Å². The molecule has 1 heterocycles. The molecule has 0 atom stereocenters. The van der Waals surface area contributed by atoms with Crippen molar-refractivity contribution in [3.8, 4) is 56.3 Å². The van der Waals surface area contributed by atoms with E-state index in [1.54, 1.807) is 14.2 Å². The minimum Gasteiger partial charge on any atom is -0.497 e. The van der Waals surface area contributed by atoms with Crippen molar-refractivity contribution >= 4 is 73.8 Å². The van der Waals surface area contributed by atoms with Crippen LogP contribution in [-0.4, -0.2) is 36.8 Å². The summed E-state index contributed by atoms with van der Waals surface area (Å²) in [5.74, 6) is 2.50. The molecule has 0 bridgehead atoms. The number of thiol groups is 1. The summed E-state index contributed by atoms with van der Waals surface area (Å²) in [5.41, 5.74) is 13.7. The normalized spacial score (nSPS) is 13.2. The quantitative estimate of drug-likeness (QED) is 0.0892. The number of allylic oxidation sites excluding steroid dienone is 4. The van der Waals surface area contributed by atoms with Gasteiger partial charge in [-0.25, -0.2) is 8.79 Å². The third-order valence-electron chi connectivity index (χ3n) is 13.5. The summed E-state index contributed by atoms with van der Waals surface area (Å²) < 4.78 is 38.3. The molecule has 0 saturated heterocycles. The number of methoxy groups -OCH3 is 2. The highest BCUT2D eigenvalue weighted by Crippen LogP contribution is 2.45. The van der Waals surface area contributed by atoms with Gasteiger partial charge < -0.3 is 23.7 Å². The van der Waals surface area contributed by atoms with Crippen LogP contribution in [0.4, 0.5) is 15.8 Å². The fourth-order valence-electron chi connectivity index (χ4n) is 9.84. The standard InChI is InChI=1S/C64H51FN4O3S/c1-40(2)39-72-54-32-26-51(27-33-54)69-59-35-19-47(38-58(59)61-55-8-6-5-7-46(55)37-57(64(61)69)45-9-20-48(65)21-10-45)56-34-36-60(62(66)63(56)67-73)68(49-22-11-41(12-23-49)43-15-28-52(70-3)29-16-43)50-24-13-42(14-25-50)44-17-30-53(71-4)31-18-44/h5-38,40,66,73H,39H2,1-4H3. The molecule has 1 aromatic heterocycles. The second-order valence-corrected chi connectivity index (χ2v) is 18.7. The molecule has 0 saturated carbocycles. The third kappa shape index (κ3) is 8.93. The first-order valence-corrected chi connectivity index (χ1v) is 24.6. The first-order chi connectivity index (χ1) is 35.7.